The molecular formula is C12H10FN5O. The molecule has 7 heteroatoms. The average molecular weight is 259 g/mol. The number of anilines is 1. The Kier molecular flexibility index (Phi) is 2.52. The average Bonchev–Trinajstić information content (AvgIpc) is 3.00. The molecule has 2 heterocycles. The van der Waals surface area contributed by atoms with Crippen LogP contribution in [0.2, 0.25) is 0 Å². The van der Waals surface area contributed by atoms with Gasteiger partial charge in [-0.1, -0.05) is 5.16 Å². The maximum Gasteiger partial charge on any atom is 0.261 e. The Labute approximate surface area is 107 Å². The predicted molar refractivity (Wildman–Crippen MR) is 66.3 cm³/mol. The lowest BCUT2D eigenvalue weighted by Crippen LogP contribution is -1.93. The Morgan fingerprint density at radius 3 is 2.95 bits per heavy atom. The molecule has 3 aromatic rings. The van der Waals surface area contributed by atoms with Gasteiger partial charge in [0.25, 0.3) is 5.89 Å². The number of nitrogen functional groups attached to an aromatic ring is 1. The molecule has 0 amide bonds. The highest BCUT2D eigenvalue weighted by molar-refractivity contribution is 5.62. The fraction of sp³-hybridized carbons (Fsp3) is 0.0833. The third kappa shape index (κ3) is 1.95. The molecular weight excluding hydrogens is 249 g/mol. The van der Waals surface area contributed by atoms with Crippen molar-refractivity contribution in [3.63, 3.8) is 0 Å². The fourth-order valence-corrected chi connectivity index (χ4v) is 1.71. The first-order valence-corrected chi connectivity index (χ1v) is 5.52. The lowest BCUT2D eigenvalue weighted by molar-refractivity contribution is 0.429. The van der Waals surface area contributed by atoms with E-state index >= 15 is 0 Å². The van der Waals surface area contributed by atoms with E-state index in [4.69, 9.17) is 10.3 Å². The number of nitrogens with zero attached hydrogens (tertiary/aromatic N) is 4. The molecule has 0 spiro atoms. The molecule has 0 aliphatic heterocycles. The molecule has 0 aliphatic rings. The zero-order valence-corrected chi connectivity index (χ0v) is 10.0. The topological polar surface area (TPSA) is 82.8 Å². The van der Waals surface area contributed by atoms with Gasteiger partial charge in [0.15, 0.2) is 5.82 Å². The Morgan fingerprint density at radius 1 is 1.37 bits per heavy atom. The first-order chi connectivity index (χ1) is 9.15. The molecule has 0 unspecified atom stereocenters. The van der Waals surface area contributed by atoms with Gasteiger partial charge in [0.2, 0.25) is 5.82 Å². The Morgan fingerprint density at radius 2 is 2.21 bits per heavy atom. The van der Waals surface area contributed by atoms with Crippen molar-refractivity contribution in [1.82, 2.24) is 19.7 Å². The van der Waals surface area contributed by atoms with Gasteiger partial charge in [-0.05, 0) is 18.2 Å². The van der Waals surface area contributed by atoms with Crippen molar-refractivity contribution in [2.75, 3.05) is 5.73 Å². The van der Waals surface area contributed by atoms with Gasteiger partial charge in [0.05, 0.1) is 5.56 Å². The molecule has 0 aliphatic carbocycles. The molecule has 6 nitrogen and oxygen atoms in total. The van der Waals surface area contributed by atoms with Crippen LogP contribution in [0, 0.1) is 5.82 Å². The summed E-state index contributed by atoms with van der Waals surface area (Å²) < 4.78 is 20.5. The molecule has 19 heavy (non-hydrogen) atoms. The maximum absolute atomic E-state index is 13.7. The smallest absolute Gasteiger partial charge is 0.261 e. The monoisotopic (exact) mass is 259 g/mol. The summed E-state index contributed by atoms with van der Waals surface area (Å²) in [5.41, 5.74) is 6.22. The van der Waals surface area contributed by atoms with Gasteiger partial charge in [-0.2, -0.15) is 4.98 Å². The maximum atomic E-state index is 13.7. The van der Waals surface area contributed by atoms with Crippen LogP contribution in [0.4, 0.5) is 10.1 Å². The first kappa shape index (κ1) is 11.4. The highest BCUT2D eigenvalue weighted by atomic mass is 19.1. The van der Waals surface area contributed by atoms with E-state index in [0.717, 1.165) is 0 Å². The number of halogens is 1. The van der Waals surface area contributed by atoms with E-state index in [2.05, 4.69) is 15.1 Å². The molecule has 0 atom stereocenters. The Bertz CT molecular complexity index is 733. The van der Waals surface area contributed by atoms with Crippen molar-refractivity contribution in [3.05, 3.63) is 36.4 Å². The van der Waals surface area contributed by atoms with Crippen molar-refractivity contribution in [1.29, 1.82) is 0 Å². The highest BCUT2D eigenvalue weighted by Gasteiger charge is 2.16. The minimum absolute atomic E-state index is 0.0720. The lowest BCUT2D eigenvalue weighted by Gasteiger charge is -1.98. The van der Waals surface area contributed by atoms with Crippen LogP contribution in [-0.2, 0) is 7.05 Å². The molecule has 0 bridgehead atoms. The normalized spacial score (nSPS) is 10.8. The third-order valence-electron chi connectivity index (χ3n) is 2.67. The van der Waals surface area contributed by atoms with E-state index in [1.165, 1.54) is 18.2 Å². The summed E-state index contributed by atoms with van der Waals surface area (Å²) in [5.74, 6) is 0.440. The van der Waals surface area contributed by atoms with Crippen LogP contribution in [0.1, 0.15) is 0 Å². The van der Waals surface area contributed by atoms with E-state index in [-0.39, 0.29) is 11.5 Å². The van der Waals surface area contributed by atoms with Gasteiger partial charge < -0.3 is 14.8 Å². The second-order valence-corrected chi connectivity index (χ2v) is 4.02. The van der Waals surface area contributed by atoms with E-state index in [0.29, 0.717) is 17.3 Å². The standard InChI is InChI=1S/C12H10FN5O/c1-18-5-4-15-11(18)10-16-12(19-17-10)8-6-7(14)2-3-9(8)13/h2-6H,14H2,1H3. The summed E-state index contributed by atoms with van der Waals surface area (Å²) in [6.07, 6.45) is 3.37. The Hall–Kier alpha value is -2.70. The number of rotatable bonds is 2. The van der Waals surface area contributed by atoms with E-state index < -0.39 is 5.82 Å². The summed E-state index contributed by atoms with van der Waals surface area (Å²) in [6.45, 7) is 0. The summed E-state index contributed by atoms with van der Waals surface area (Å²) in [7, 11) is 1.81. The van der Waals surface area contributed by atoms with Gasteiger partial charge in [-0.3, -0.25) is 0 Å². The quantitative estimate of drug-likeness (QED) is 0.710. The Balaban J connectivity index is 2.06. The van der Waals surface area contributed by atoms with Gasteiger partial charge in [0, 0.05) is 25.1 Å². The van der Waals surface area contributed by atoms with Gasteiger partial charge >= 0.3 is 0 Å². The van der Waals surface area contributed by atoms with Crippen molar-refractivity contribution in [2.45, 2.75) is 0 Å². The number of hydrogen-bond donors (Lipinski definition) is 1. The summed E-state index contributed by atoms with van der Waals surface area (Å²) in [6, 6.07) is 4.18. The van der Waals surface area contributed by atoms with E-state index in [1.54, 1.807) is 24.0 Å². The summed E-state index contributed by atoms with van der Waals surface area (Å²) in [4.78, 5) is 8.22. The minimum atomic E-state index is -0.468. The van der Waals surface area contributed by atoms with Gasteiger partial charge in [-0.15, -0.1) is 0 Å². The van der Waals surface area contributed by atoms with Crippen molar-refractivity contribution < 1.29 is 8.91 Å². The van der Waals surface area contributed by atoms with Gasteiger partial charge in [-0.25, -0.2) is 9.37 Å². The molecule has 0 saturated carbocycles. The minimum Gasteiger partial charge on any atom is -0.399 e. The zero-order valence-electron chi connectivity index (χ0n) is 10.0. The number of imidazole rings is 1. The second-order valence-electron chi connectivity index (χ2n) is 4.02. The molecule has 0 radical (unpaired) electrons. The van der Waals surface area contributed by atoms with Crippen LogP contribution in [0.5, 0.6) is 0 Å². The van der Waals surface area contributed by atoms with Crippen LogP contribution < -0.4 is 5.73 Å². The molecule has 0 fully saturated rings. The van der Waals surface area contributed by atoms with Crippen LogP contribution in [0.3, 0.4) is 0 Å². The van der Waals surface area contributed by atoms with Crippen molar-refractivity contribution in [3.8, 4) is 23.1 Å². The predicted octanol–water partition coefficient (Wildman–Crippen LogP) is 1.86. The summed E-state index contributed by atoms with van der Waals surface area (Å²) in [5, 5.41) is 3.79. The number of aromatic nitrogens is 4. The molecule has 3 rings (SSSR count). The highest BCUT2D eigenvalue weighted by Crippen LogP contribution is 2.25. The van der Waals surface area contributed by atoms with Crippen LogP contribution in [0.25, 0.3) is 23.1 Å². The van der Waals surface area contributed by atoms with Crippen LogP contribution in [-0.4, -0.2) is 19.7 Å². The summed E-state index contributed by atoms with van der Waals surface area (Å²) >= 11 is 0. The largest absolute Gasteiger partial charge is 0.399 e. The van der Waals surface area contributed by atoms with Gasteiger partial charge in [0.1, 0.15) is 5.82 Å². The number of hydrogen-bond acceptors (Lipinski definition) is 5. The third-order valence-corrected chi connectivity index (χ3v) is 2.67. The number of aryl methyl sites for hydroxylation is 1. The molecule has 1 aromatic carbocycles. The number of nitrogens with two attached hydrogens (primary N) is 1. The van der Waals surface area contributed by atoms with E-state index in [9.17, 15) is 4.39 Å². The first-order valence-electron chi connectivity index (χ1n) is 5.52. The second kappa shape index (κ2) is 4.20. The van der Waals surface area contributed by atoms with Crippen LogP contribution >= 0.6 is 0 Å². The molecule has 2 aromatic heterocycles. The van der Waals surface area contributed by atoms with E-state index in [1.807, 2.05) is 0 Å². The molecule has 0 saturated heterocycles. The fourth-order valence-electron chi connectivity index (χ4n) is 1.71. The zero-order chi connectivity index (χ0) is 13.4. The lowest BCUT2D eigenvalue weighted by atomic mass is 10.2. The SMILES string of the molecule is Cn1ccnc1-c1noc(-c2cc(N)ccc2F)n1. The molecule has 2 N–H and O–H groups in total. The van der Waals surface area contributed by atoms with Crippen molar-refractivity contribution >= 4 is 5.69 Å². The number of benzene rings is 1. The van der Waals surface area contributed by atoms with Crippen LogP contribution in [0.15, 0.2) is 35.1 Å². The molecule has 96 valence electrons. The van der Waals surface area contributed by atoms with Crippen molar-refractivity contribution in [2.24, 2.45) is 7.05 Å².